The lowest BCUT2D eigenvalue weighted by atomic mass is 10.0. The van der Waals surface area contributed by atoms with Crippen LogP contribution in [0.2, 0.25) is 0 Å². The Bertz CT molecular complexity index is 1320. The third-order valence-electron chi connectivity index (χ3n) is 6.20. The summed E-state index contributed by atoms with van der Waals surface area (Å²) in [7, 11) is 5.65. The van der Waals surface area contributed by atoms with E-state index in [0.717, 1.165) is 11.1 Å². The third kappa shape index (κ3) is 6.39. The molecule has 0 saturated carbocycles. The number of rotatable bonds is 7. The van der Waals surface area contributed by atoms with Crippen molar-refractivity contribution in [3.05, 3.63) is 47.8 Å². The number of imidazole rings is 1. The first-order chi connectivity index (χ1) is 17.9. The zero-order chi connectivity index (χ0) is 27.6. The SMILES string of the molecule is Cc1cc2c(cc1NC(=O)/C=C\CN(C)C)nc(N1C[C@H](F)C[C@@H](Nc3ncc(C(F)(F)F)cn3)C1)n2C. The number of halogens is 4. The number of likely N-dealkylation sites (N-methyl/N-ethyl adjacent to an activating group) is 1. The summed E-state index contributed by atoms with van der Waals surface area (Å²) >= 11 is 0. The van der Waals surface area contributed by atoms with Crippen molar-refractivity contribution in [3.63, 3.8) is 0 Å². The molecule has 2 N–H and O–H groups in total. The second kappa shape index (κ2) is 10.9. The monoisotopic (exact) mass is 534 g/mol. The Morgan fingerprint density at radius 3 is 2.58 bits per heavy atom. The minimum Gasteiger partial charge on any atom is -0.350 e. The number of hydrogen-bond acceptors (Lipinski definition) is 7. The molecular weight excluding hydrogens is 504 g/mol. The van der Waals surface area contributed by atoms with E-state index in [1.54, 1.807) is 17.0 Å². The van der Waals surface area contributed by atoms with Gasteiger partial charge >= 0.3 is 6.18 Å². The molecule has 2 aromatic heterocycles. The molecule has 0 unspecified atom stereocenters. The molecule has 4 rings (SSSR count). The molecule has 1 aromatic carbocycles. The van der Waals surface area contributed by atoms with Crippen LogP contribution in [-0.2, 0) is 18.0 Å². The number of carbonyl (C=O) groups is 1. The van der Waals surface area contributed by atoms with Gasteiger partial charge in [-0.1, -0.05) is 6.08 Å². The summed E-state index contributed by atoms with van der Waals surface area (Å²) < 4.78 is 55.0. The van der Waals surface area contributed by atoms with Crippen LogP contribution in [0.5, 0.6) is 0 Å². The first kappa shape index (κ1) is 27.3. The van der Waals surface area contributed by atoms with Crippen LogP contribution in [0.25, 0.3) is 11.0 Å². The van der Waals surface area contributed by atoms with Gasteiger partial charge in [0.15, 0.2) is 0 Å². The molecule has 0 radical (unpaired) electrons. The Morgan fingerprint density at radius 1 is 1.21 bits per heavy atom. The van der Waals surface area contributed by atoms with Crippen molar-refractivity contribution in [3.8, 4) is 0 Å². The van der Waals surface area contributed by atoms with Crippen LogP contribution in [0.15, 0.2) is 36.7 Å². The molecule has 0 aliphatic carbocycles. The number of hydrogen-bond donors (Lipinski definition) is 2. The van der Waals surface area contributed by atoms with E-state index >= 15 is 0 Å². The summed E-state index contributed by atoms with van der Waals surface area (Å²) in [4.78, 5) is 28.2. The number of piperidine rings is 1. The molecule has 1 saturated heterocycles. The van der Waals surface area contributed by atoms with Gasteiger partial charge < -0.3 is 25.0 Å². The molecule has 1 aliphatic heterocycles. The number of benzene rings is 1. The van der Waals surface area contributed by atoms with Gasteiger partial charge in [0.2, 0.25) is 17.8 Å². The molecule has 9 nitrogen and oxygen atoms in total. The zero-order valence-corrected chi connectivity index (χ0v) is 21.6. The minimum absolute atomic E-state index is 0.00214. The molecule has 1 fully saturated rings. The number of aromatic nitrogens is 4. The first-order valence-electron chi connectivity index (χ1n) is 12.0. The second-order valence-electron chi connectivity index (χ2n) is 9.65. The lowest BCUT2D eigenvalue weighted by Crippen LogP contribution is -2.48. The van der Waals surface area contributed by atoms with Crippen molar-refractivity contribution >= 4 is 34.5 Å². The van der Waals surface area contributed by atoms with Gasteiger partial charge in [-0.15, -0.1) is 0 Å². The summed E-state index contributed by atoms with van der Waals surface area (Å²) in [5.74, 6) is 0.287. The highest BCUT2D eigenvalue weighted by molar-refractivity contribution is 6.01. The highest BCUT2D eigenvalue weighted by atomic mass is 19.4. The maximum atomic E-state index is 14.7. The average molecular weight is 535 g/mol. The van der Waals surface area contributed by atoms with Gasteiger partial charge in [-0.3, -0.25) is 4.79 Å². The van der Waals surface area contributed by atoms with E-state index < -0.39 is 24.0 Å². The average Bonchev–Trinajstić information content (AvgIpc) is 3.14. The normalized spacial score (nSPS) is 18.5. The predicted molar refractivity (Wildman–Crippen MR) is 138 cm³/mol. The molecule has 1 amide bonds. The molecule has 2 atom stereocenters. The molecule has 0 spiro atoms. The smallest absolute Gasteiger partial charge is 0.350 e. The van der Waals surface area contributed by atoms with Crippen molar-refractivity contribution < 1.29 is 22.4 Å². The summed E-state index contributed by atoms with van der Waals surface area (Å²) in [5.41, 5.74) is 1.98. The molecular formula is C25H30F4N8O. The Hall–Kier alpha value is -3.74. The molecule has 13 heteroatoms. The lowest BCUT2D eigenvalue weighted by molar-refractivity contribution is -0.138. The fourth-order valence-corrected chi connectivity index (χ4v) is 4.33. The van der Waals surface area contributed by atoms with Crippen LogP contribution in [0.1, 0.15) is 17.5 Å². The van der Waals surface area contributed by atoms with Crippen molar-refractivity contribution in [2.24, 2.45) is 7.05 Å². The summed E-state index contributed by atoms with van der Waals surface area (Å²) in [6.45, 7) is 2.98. The number of fused-ring (bicyclic) bond motifs is 1. The summed E-state index contributed by atoms with van der Waals surface area (Å²) in [5, 5.41) is 5.82. The van der Waals surface area contributed by atoms with Crippen LogP contribution in [0.4, 0.5) is 35.1 Å². The maximum absolute atomic E-state index is 14.7. The Balaban J connectivity index is 1.51. The van der Waals surface area contributed by atoms with Crippen molar-refractivity contribution in [1.29, 1.82) is 0 Å². The number of carbonyl (C=O) groups excluding carboxylic acids is 1. The van der Waals surface area contributed by atoms with Gasteiger partial charge in [0.25, 0.3) is 0 Å². The Kier molecular flexibility index (Phi) is 7.86. The quantitative estimate of drug-likeness (QED) is 0.352. The Morgan fingerprint density at radius 2 is 1.92 bits per heavy atom. The highest BCUT2D eigenvalue weighted by Crippen LogP contribution is 2.30. The van der Waals surface area contributed by atoms with E-state index in [2.05, 4.69) is 20.6 Å². The van der Waals surface area contributed by atoms with E-state index in [-0.39, 0.29) is 24.8 Å². The van der Waals surface area contributed by atoms with Gasteiger partial charge in [0.05, 0.1) is 23.1 Å². The summed E-state index contributed by atoms with van der Waals surface area (Å²) in [6, 6.07) is 3.25. The molecule has 1 aliphatic rings. The zero-order valence-electron chi connectivity index (χ0n) is 21.6. The van der Waals surface area contributed by atoms with Gasteiger partial charge in [-0.2, -0.15) is 13.2 Å². The van der Waals surface area contributed by atoms with Crippen LogP contribution in [-0.4, -0.2) is 76.3 Å². The number of aryl methyl sites for hydroxylation is 2. The van der Waals surface area contributed by atoms with E-state index in [0.29, 0.717) is 42.6 Å². The fraction of sp³-hybridized carbons (Fsp3) is 0.440. The van der Waals surface area contributed by atoms with E-state index in [1.807, 2.05) is 43.6 Å². The van der Waals surface area contributed by atoms with Gasteiger partial charge in [-0.05, 0) is 38.7 Å². The van der Waals surface area contributed by atoms with Crippen LogP contribution in [0, 0.1) is 6.92 Å². The minimum atomic E-state index is -4.53. The molecule has 3 heterocycles. The molecule has 3 aromatic rings. The molecule has 38 heavy (non-hydrogen) atoms. The summed E-state index contributed by atoms with van der Waals surface area (Å²) in [6.07, 6.45) is -0.922. The standard InChI is InChI=1S/C25H30F4N8O/c1-15-8-21-20(10-19(15)33-22(38)6-5-7-35(2)3)34-24(36(21)4)37-13-17(26)9-18(14-37)32-23-30-11-16(12-31-23)25(27,28)29/h5-6,8,10-12,17-18H,7,9,13-14H2,1-4H3,(H,33,38)(H,30,31,32)/b6-5-/t17-,18-/m1/s1. The van der Waals surface area contributed by atoms with Crippen LogP contribution in [0.3, 0.4) is 0 Å². The van der Waals surface area contributed by atoms with Crippen LogP contribution >= 0.6 is 0 Å². The highest BCUT2D eigenvalue weighted by Gasteiger charge is 2.33. The topological polar surface area (TPSA) is 91.2 Å². The van der Waals surface area contributed by atoms with E-state index in [9.17, 15) is 22.4 Å². The fourth-order valence-electron chi connectivity index (χ4n) is 4.33. The van der Waals surface area contributed by atoms with E-state index in [4.69, 9.17) is 4.98 Å². The van der Waals surface area contributed by atoms with Crippen molar-refractivity contribution in [2.75, 3.05) is 49.3 Å². The maximum Gasteiger partial charge on any atom is 0.419 e. The van der Waals surface area contributed by atoms with Gasteiger partial charge in [-0.25, -0.2) is 19.3 Å². The largest absolute Gasteiger partial charge is 0.419 e. The van der Waals surface area contributed by atoms with Crippen LogP contribution < -0.4 is 15.5 Å². The van der Waals surface area contributed by atoms with Gasteiger partial charge in [0.1, 0.15) is 6.17 Å². The predicted octanol–water partition coefficient (Wildman–Crippen LogP) is 3.78. The Labute approximate surface area is 217 Å². The molecule has 0 bridgehead atoms. The number of nitrogens with one attached hydrogen (secondary N) is 2. The second-order valence-corrected chi connectivity index (χ2v) is 9.65. The number of amides is 1. The van der Waals surface area contributed by atoms with E-state index in [1.165, 1.54) is 6.08 Å². The molecule has 204 valence electrons. The lowest BCUT2D eigenvalue weighted by Gasteiger charge is -2.35. The first-order valence-corrected chi connectivity index (χ1v) is 12.0. The van der Waals surface area contributed by atoms with Crippen molar-refractivity contribution in [2.45, 2.75) is 31.7 Å². The number of nitrogens with zero attached hydrogens (tertiary/aromatic N) is 6. The van der Waals surface area contributed by atoms with Crippen molar-refractivity contribution in [1.82, 2.24) is 24.4 Å². The third-order valence-corrected chi connectivity index (χ3v) is 6.20. The number of anilines is 3. The van der Waals surface area contributed by atoms with Gasteiger partial charge in [0, 0.05) is 56.8 Å². The number of alkyl halides is 4.